The van der Waals surface area contributed by atoms with E-state index in [2.05, 4.69) is 34.6 Å². The van der Waals surface area contributed by atoms with Crippen LogP contribution in [-0.2, 0) is 0 Å². The SMILES string of the molecule is CCCC[C@H](C)CCC(C)C(C)C. The van der Waals surface area contributed by atoms with Gasteiger partial charge in [0.15, 0.2) is 0 Å². The molecule has 0 saturated carbocycles. The van der Waals surface area contributed by atoms with Crippen LogP contribution in [0.1, 0.15) is 66.7 Å². The van der Waals surface area contributed by atoms with E-state index in [1.165, 1.54) is 32.1 Å². The zero-order valence-electron chi connectivity index (χ0n) is 10.3. The van der Waals surface area contributed by atoms with Crippen molar-refractivity contribution in [2.24, 2.45) is 17.8 Å². The van der Waals surface area contributed by atoms with Crippen LogP contribution in [-0.4, -0.2) is 0 Å². The van der Waals surface area contributed by atoms with Gasteiger partial charge in [-0.1, -0.05) is 66.7 Å². The van der Waals surface area contributed by atoms with Gasteiger partial charge in [-0.2, -0.15) is 0 Å². The first-order chi connectivity index (χ1) is 6.07. The van der Waals surface area contributed by atoms with Crippen LogP contribution in [0.15, 0.2) is 0 Å². The lowest BCUT2D eigenvalue weighted by atomic mass is 9.88. The van der Waals surface area contributed by atoms with Gasteiger partial charge in [-0.25, -0.2) is 0 Å². The van der Waals surface area contributed by atoms with E-state index >= 15 is 0 Å². The monoisotopic (exact) mass is 184 g/mol. The zero-order valence-corrected chi connectivity index (χ0v) is 10.3. The van der Waals surface area contributed by atoms with Gasteiger partial charge in [0.25, 0.3) is 0 Å². The Morgan fingerprint density at radius 2 is 1.46 bits per heavy atom. The highest BCUT2D eigenvalue weighted by Crippen LogP contribution is 2.21. The molecule has 0 N–H and O–H groups in total. The van der Waals surface area contributed by atoms with E-state index in [4.69, 9.17) is 0 Å². The first-order valence-electron chi connectivity index (χ1n) is 6.07. The van der Waals surface area contributed by atoms with Crippen LogP contribution >= 0.6 is 0 Å². The molecular formula is C13H28. The zero-order chi connectivity index (χ0) is 10.3. The smallest absolute Gasteiger partial charge is 0.0420 e. The Morgan fingerprint density at radius 3 is 1.92 bits per heavy atom. The lowest BCUT2D eigenvalue weighted by molar-refractivity contribution is 0.340. The van der Waals surface area contributed by atoms with Gasteiger partial charge in [0.2, 0.25) is 0 Å². The summed E-state index contributed by atoms with van der Waals surface area (Å²) in [4.78, 5) is 0. The first kappa shape index (κ1) is 13.0. The highest BCUT2D eigenvalue weighted by molar-refractivity contribution is 4.60. The van der Waals surface area contributed by atoms with Gasteiger partial charge in [0.1, 0.15) is 0 Å². The van der Waals surface area contributed by atoms with Gasteiger partial charge in [-0.15, -0.1) is 0 Å². The van der Waals surface area contributed by atoms with Crippen LogP contribution in [0.4, 0.5) is 0 Å². The third-order valence-corrected chi connectivity index (χ3v) is 3.30. The van der Waals surface area contributed by atoms with E-state index in [1.54, 1.807) is 0 Å². The van der Waals surface area contributed by atoms with Crippen molar-refractivity contribution in [3.05, 3.63) is 0 Å². The summed E-state index contributed by atoms with van der Waals surface area (Å²) in [5.74, 6) is 2.71. The molecule has 0 aliphatic carbocycles. The summed E-state index contributed by atoms with van der Waals surface area (Å²) in [7, 11) is 0. The van der Waals surface area contributed by atoms with Crippen molar-refractivity contribution in [2.75, 3.05) is 0 Å². The Balaban J connectivity index is 3.40. The van der Waals surface area contributed by atoms with E-state index in [0.29, 0.717) is 0 Å². The average Bonchev–Trinajstić information content (AvgIpc) is 2.10. The van der Waals surface area contributed by atoms with Crippen molar-refractivity contribution in [3.63, 3.8) is 0 Å². The van der Waals surface area contributed by atoms with Gasteiger partial charge in [-0.3, -0.25) is 0 Å². The molecule has 0 saturated heterocycles. The van der Waals surface area contributed by atoms with E-state index in [0.717, 1.165) is 17.8 Å². The molecule has 80 valence electrons. The quantitative estimate of drug-likeness (QED) is 0.528. The fourth-order valence-corrected chi connectivity index (χ4v) is 1.58. The van der Waals surface area contributed by atoms with Crippen molar-refractivity contribution < 1.29 is 0 Å². The molecule has 0 aliphatic rings. The summed E-state index contributed by atoms with van der Waals surface area (Å²) >= 11 is 0. The minimum Gasteiger partial charge on any atom is -0.0654 e. The Hall–Kier alpha value is 0. The minimum absolute atomic E-state index is 0.860. The topological polar surface area (TPSA) is 0 Å². The Kier molecular flexibility index (Phi) is 7.41. The first-order valence-corrected chi connectivity index (χ1v) is 6.07. The van der Waals surface area contributed by atoms with E-state index in [-0.39, 0.29) is 0 Å². The second-order valence-corrected chi connectivity index (χ2v) is 5.05. The van der Waals surface area contributed by atoms with Gasteiger partial charge in [0, 0.05) is 0 Å². The molecule has 0 amide bonds. The van der Waals surface area contributed by atoms with Crippen LogP contribution in [0.25, 0.3) is 0 Å². The number of hydrogen-bond donors (Lipinski definition) is 0. The molecule has 0 aromatic carbocycles. The number of hydrogen-bond acceptors (Lipinski definition) is 0. The maximum atomic E-state index is 2.41. The van der Waals surface area contributed by atoms with Crippen LogP contribution in [0.3, 0.4) is 0 Å². The Morgan fingerprint density at radius 1 is 0.846 bits per heavy atom. The summed E-state index contributed by atoms with van der Waals surface area (Å²) < 4.78 is 0. The second kappa shape index (κ2) is 7.41. The maximum absolute atomic E-state index is 2.41. The molecule has 0 aromatic rings. The van der Waals surface area contributed by atoms with Crippen molar-refractivity contribution in [3.8, 4) is 0 Å². The van der Waals surface area contributed by atoms with E-state index in [1.807, 2.05) is 0 Å². The Bertz CT molecular complexity index is 105. The molecule has 1 unspecified atom stereocenters. The molecule has 0 heterocycles. The van der Waals surface area contributed by atoms with Gasteiger partial charge < -0.3 is 0 Å². The van der Waals surface area contributed by atoms with Gasteiger partial charge in [0.05, 0.1) is 0 Å². The maximum Gasteiger partial charge on any atom is -0.0420 e. The van der Waals surface area contributed by atoms with Crippen molar-refractivity contribution in [1.29, 1.82) is 0 Å². The van der Waals surface area contributed by atoms with E-state index < -0.39 is 0 Å². The summed E-state index contributed by atoms with van der Waals surface area (Å²) in [6, 6.07) is 0. The molecule has 0 aromatic heterocycles. The molecule has 0 radical (unpaired) electrons. The molecule has 0 rings (SSSR count). The standard InChI is InChI=1S/C13H28/c1-6-7-8-12(4)9-10-13(5)11(2)3/h11-13H,6-10H2,1-5H3/t12-,13?/m0/s1. The molecule has 13 heavy (non-hydrogen) atoms. The predicted octanol–water partition coefficient (Wildman–Crippen LogP) is 4.89. The molecule has 0 heteroatoms. The predicted molar refractivity (Wildman–Crippen MR) is 61.9 cm³/mol. The lowest BCUT2D eigenvalue weighted by Crippen LogP contribution is -2.06. The molecule has 0 aliphatic heterocycles. The molecule has 0 spiro atoms. The number of rotatable bonds is 7. The third kappa shape index (κ3) is 7.10. The van der Waals surface area contributed by atoms with Crippen molar-refractivity contribution in [1.82, 2.24) is 0 Å². The lowest BCUT2D eigenvalue weighted by Gasteiger charge is -2.18. The molecule has 0 bridgehead atoms. The molecular weight excluding hydrogens is 156 g/mol. The third-order valence-electron chi connectivity index (χ3n) is 3.30. The summed E-state index contributed by atoms with van der Waals surface area (Å²) in [6.45, 7) is 11.7. The van der Waals surface area contributed by atoms with Crippen LogP contribution in [0, 0.1) is 17.8 Å². The fraction of sp³-hybridized carbons (Fsp3) is 1.00. The van der Waals surface area contributed by atoms with Gasteiger partial charge in [-0.05, 0) is 17.8 Å². The minimum atomic E-state index is 0.860. The van der Waals surface area contributed by atoms with Crippen LogP contribution in [0.2, 0.25) is 0 Å². The largest absolute Gasteiger partial charge is 0.0654 e. The molecule has 0 nitrogen and oxygen atoms in total. The van der Waals surface area contributed by atoms with Crippen molar-refractivity contribution >= 4 is 0 Å². The van der Waals surface area contributed by atoms with Crippen molar-refractivity contribution in [2.45, 2.75) is 66.7 Å². The summed E-state index contributed by atoms with van der Waals surface area (Å²) in [6.07, 6.45) is 7.05. The summed E-state index contributed by atoms with van der Waals surface area (Å²) in [5, 5.41) is 0. The normalized spacial score (nSPS) is 16.2. The van der Waals surface area contributed by atoms with E-state index in [9.17, 15) is 0 Å². The Labute approximate surface area is 85.1 Å². The second-order valence-electron chi connectivity index (χ2n) is 5.05. The highest BCUT2D eigenvalue weighted by atomic mass is 14.1. The molecule has 0 fully saturated rings. The summed E-state index contributed by atoms with van der Waals surface area (Å²) in [5.41, 5.74) is 0. The molecule has 2 atom stereocenters. The van der Waals surface area contributed by atoms with Crippen LogP contribution in [0.5, 0.6) is 0 Å². The fourth-order valence-electron chi connectivity index (χ4n) is 1.58. The van der Waals surface area contributed by atoms with Gasteiger partial charge >= 0.3 is 0 Å². The average molecular weight is 184 g/mol. The number of unbranched alkanes of at least 4 members (excludes halogenated alkanes) is 1. The highest BCUT2D eigenvalue weighted by Gasteiger charge is 2.09. The van der Waals surface area contributed by atoms with Crippen LogP contribution < -0.4 is 0 Å².